The minimum absolute atomic E-state index is 0.0140. The van der Waals surface area contributed by atoms with Crippen molar-refractivity contribution in [3.8, 4) is 0 Å². The summed E-state index contributed by atoms with van der Waals surface area (Å²) in [4.78, 5) is 37.8. The highest BCUT2D eigenvalue weighted by molar-refractivity contribution is 7.14. The molecule has 2 amide bonds. The topological polar surface area (TPSA) is 75.3 Å². The molecule has 0 saturated heterocycles. The van der Waals surface area contributed by atoms with E-state index in [2.05, 4.69) is 10.6 Å². The van der Waals surface area contributed by atoms with Crippen molar-refractivity contribution in [1.29, 1.82) is 0 Å². The van der Waals surface area contributed by atoms with Gasteiger partial charge in [0.05, 0.1) is 11.4 Å². The molecule has 138 valence electrons. The lowest BCUT2D eigenvalue weighted by atomic mass is 10.1. The Morgan fingerprint density at radius 3 is 2.46 bits per heavy atom. The van der Waals surface area contributed by atoms with Gasteiger partial charge in [0.25, 0.3) is 0 Å². The molecule has 0 bridgehead atoms. The molecule has 3 rings (SSSR count). The molecular weight excluding hydrogens is 368 g/mol. The van der Waals surface area contributed by atoms with Crippen molar-refractivity contribution in [3.05, 3.63) is 44.3 Å². The van der Waals surface area contributed by atoms with Crippen LogP contribution in [0.2, 0.25) is 0 Å². The van der Waals surface area contributed by atoms with Crippen molar-refractivity contribution in [2.24, 2.45) is 0 Å². The van der Waals surface area contributed by atoms with E-state index in [4.69, 9.17) is 0 Å². The maximum Gasteiger partial charge on any atom is 0.309 e. The molecule has 0 aromatic carbocycles. The summed E-state index contributed by atoms with van der Waals surface area (Å²) in [6.07, 6.45) is 6.48. The zero-order chi connectivity index (χ0) is 18.4. The third kappa shape index (κ3) is 5.02. The number of nitrogens with one attached hydrogen (secondary N) is 2. The fourth-order valence-corrected chi connectivity index (χ4v) is 4.60. The number of carbonyl (C=O) groups is 3. The number of carbonyl (C=O) groups excluding carboxylic acids is 3. The molecule has 7 heteroatoms. The number of rotatable bonds is 5. The van der Waals surface area contributed by atoms with Crippen molar-refractivity contribution in [2.45, 2.75) is 51.1 Å². The molecule has 1 saturated carbocycles. The van der Waals surface area contributed by atoms with Crippen LogP contribution in [0.5, 0.6) is 0 Å². The number of amides is 2. The lowest BCUT2D eigenvalue weighted by Gasteiger charge is -2.15. The van der Waals surface area contributed by atoms with Gasteiger partial charge in [-0.1, -0.05) is 25.7 Å². The Balaban J connectivity index is 1.48. The molecular formula is C19H22N2O3S2. The van der Waals surface area contributed by atoms with Crippen molar-refractivity contribution >= 4 is 40.3 Å². The highest BCUT2D eigenvalue weighted by Crippen LogP contribution is 2.21. The molecule has 1 aliphatic carbocycles. The summed E-state index contributed by atoms with van der Waals surface area (Å²) in [5, 5.41) is 9.17. The van der Waals surface area contributed by atoms with Crippen LogP contribution in [0.25, 0.3) is 0 Å². The van der Waals surface area contributed by atoms with Gasteiger partial charge >= 0.3 is 11.8 Å². The summed E-state index contributed by atoms with van der Waals surface area (Å²) in [6, 6.07) is 5.48. The Kier molecular flexibility index (Phi) is 6.57. The minimum Gasteiger partial charge on any atom is -0.345 e. The molecule has 0 atom stereocenters. The number of ketones is 1. The molecule has 0 spiro atoms. The Morgan fingerprint density at radius 2 is 1.77 bits per heavy atom. The van der Waals surface area contributed by atoms with Crippen LogP contribution in [0.4, 0.5) is 0 Å². The van der Waals surface area contributed by atoms with Crippen LogP contribution in [0.15, 0.2) is 29.0 Å². The average molecular weight is 391 g/mol. The first-order valence-electron chi connectivity index (χ1n) is 8.88. The molecule has 0 aliphatic heterocycles. The summed E-state index contributed by atoms with van der Waals surface area (Å²) >= 11 is 2.82. The van der Waals surface area contributed by atoms with Crippen LogP contribution >= 0.6 is 22.7 Å². The molecule has 2 aromatic heterocycles. The van der Waals surface area contributed by atoms with E-state index in [1.165, 1.54) is 35.5 Å². The predicted molar refractivity (Wildman–Crippen MR) is 104 cm³/mol. The third-order valence-electron chi connectivity index (χ3n) is 4.49. The Bertz CT molecular complexity index is 760. The summed E-state index contributed by atoms with van der Waals surface area (Å²) in [6.45, 7) is 0.249. The Hall–Kier alpha value is -1.99. The van der Waals surface area contributed by atoms with E-state index in [1.807, 2.05) is 16.8 Å². The van der Waals surface area contributed by atoms with E-state index in [9.17, 15) is 14.4 Å². The maximum absolute atomic E-state index is 12.3. The van der Waals surface area contributed by atoms with Gasteiger partial charge in [0.1, 0.15) is 0 Å². The molecule has 2 N–H and O–H groups in total. The van der Waals surface area contributed by atoms with E-state index in [1.54, 1.807) is 12.1 Å². The number of hydrogen-bond acceptors (Lipinski definition) is 5. The van der Waals surface area contributed by atoms with Gasteiger partial charge in [-0.15, -0.1) is 11.3 Å². The van der Waals surface area contributed by atoms with Gasteiger partial charge in [-0.05, 0) is 36.4 Å². The summed E-state index contributed by atoms with van der Waals surface area (Å²) in [5.41, 5.74) is 0.676. The lowest BCUT2D eigenvalue weighted by molar-refractivity contribution is -0.139. The molecule has 26 heavy (non-hydrogen) atoms. The number of hydrogen-bond donors (Lipinski definition) is 2. The number of thiophene rings is 2. The van der Waals surface area contributed by atoms with Gasteiger partial charge in [0.15, 0.2) is 0 Å². The normalized spacial score (nSPS) is 15.2. The van der Waals surface area contributed by atoms with E-state index < -0.39 is 11.8 Å². The van der Waals surface area contributed by atoms with E-state index >= 15 is 0 Å². The molecule has 5 nitrogen and oxygen atoms in total. The second-order valence-corrected chi connectivity index (χ2v) is 8.40. The third-order valence-corrected chi connectivity index (χ3v) is 6.26. The van der Waals surface area contributed by atoms with Gasteiger partial charge in [0, 0.05) is 21.9 Å². The molecule has 0 radical (unpaired) electrons. The van der Waals surface area contributed by atoms with Gasteiger partial charge in [-0.2, -0.15) is 11.3 Å². The average Bonchev–Trinajstić information content (AvgIpc) is 3.28. The Labute approximate surface area is 160 Å². The van der Waals surface area contributed by atoms with Crippen LogP contribution in [-0.2, 0) is 16.1 Å². The summed E-state index contributed by atoms with van der Waals surface area (Å²) < 4.78 is 0. The van der Waals surface area contributed by atoms with Crippen molar-refractivity contribution in [1.82, 2.24) is 10.6 Å². The first-order valence-corrected chi connectivity index (χ1v) is 10.6. The van der Waals surface area contributed by atoms with E-state index in [0.29, 0.717) is 10.4 Å². The lowest BCUT2D eigenvalue weighted by Crippen LogP contribution is -2.44. The van der Waals surface area contributed by atoms with Crippen LogP contribution in [0.1, 0.15) is 58.6 Å². The minimum atomic E-state index is -0.617. The SMILES string of the molecule is O=C(NCc1ccc(C(=O)c2ccsc2)s1)C(=O)NC1CCCCCC1. The first kappa shape index (κ1) is 18.8. The van der Waals surface area contributed by atoms with E-state index in [0.717, 1.165) is 30.6 Å². The Morgan fingerprint density at radius 1 is 1.00 bits per heavy atom. The van der Waals surface area contributed by atoms with Crippen LogP contribution in [0, 0.1) is 0 Å². The summed E-state index contributed by atoms with van der Waals surface area (Å²) in [5.74, 6) is -1.20. The second-order valence-electron chi connectivity index (χ2n) is 6.45. The van der Waals surface area contributed by atoms with Gasteiger partial charge < -0.3 is 10.6 Å². The zero-order valence-electron chi connectivity index (χ0n) is 14.5. The smallest absolute Gasteiger partial charge is 0.309 e. The van der Waals surface area contributed by atoms with Gasteiger partial charge in [-0.25, -0.2) is 0 Å². The quantitative estimate of drug-likeness (QED) is 0.466. The van der Waals surface area contributed by atoms with Crippen molar-refractivity contribution in [2.75, 3.05) is 0 Å². The summed E-state index contributed by atoms with van der Waals surface area (Å²) in [7, 11) is 0. The highest BCUT2D eigenvalue weighted by atomic mass is 32.1. The second kappa shape index (κ2) is 9.09. The van der Waals surface area contributed by atoms with Crippen molar-refractivity contribution < 1.29 is 14.4 Å². The molecule has 1 fully saturated rings. The molecule has 1 aliphatic rings. The first-order chi connectivity index (χ1) is 12.6. The molecule has 0 unspecified atom stereocenters. The largest absolute Gasteiger partial charge is 0.345 e. The van der Waals surface area contributed by atoms with Crippen LogP contribution in [-0.4, -0.2) is 23.6 Å². The highest BCUT2D eigenvalue weighted by Gasteiger charge is 2.20. The fourth-order valence-electron chi connectivity index (χ4n) is 3.05. The maximum atomic E-state index is 12.3. The van der Waals surface area contributed by atoms with E-state index in [-0.39, 0.29) is 18.4 Å². The van der Waals surface area contributed by atoms with Crippen LogP contribution < -0.4 is 10.6 Å². The zero-order valence-corrected chi connectivity index (χ0v) is 16.1. The van der Waals surface area contributed by atoms with Gasteiger partial charge in [-0.3, -0.25) is 14.4 Å². The standard InChI is InChI=1S/C19H22N2O3S2/c22-17(13-9-10-25-12-13)16-8-7-15(26-16)11-20-18(23)19(24)21-14-5-3-1-2-4-6-14/h7-10,12,14H,1-6,11H2,(H,20,23)(H,21,24). The fraction of sp³-hybridized carbons (Fsp3) is 0.421. The predicted octanol–water partition coefficient (Wildman–Crippen LogP) is 3.50. The van der Waals surface area contributed by atoms with Gasteiger partial charge in [0.2, 0.25) is 5.78 Å². The molecule has 2 aromatic rings. The monoisotopic (exact) mass is 390 g/mol. The van der Waals surface area contributed by atoms with Crippen LogP contribution in [0.3, 0.4) is 0 Å². The van der Waals surface area contributed by atoms with Crippen molar-refractivity contribution in [3.63, 3.8) is 0 Å². The molecule has 2 heterocycles.